The van der Waals surface area contributed by atoms with Gasteiger partial charge in [0.2, 0.25) is 0 Å². The molecule has 1 aliphatic rings. The van der Waals surface area contributed by atoms with E-state index in [1.54, 1.807) is 0 Å². The molecule has 2 aromatic carbocycles. The maximum absolute atomic E-state index is 12.8. The Morgan fingerprint density at radius 3 is 2.41 bits per heavy atom. The van der Waals surface area contributed by atoms with E-state index in [-0.39, 0.29) is 5.97 Å². The number of likely N-dealkylation sites (tertiary alicyclic amines) is 1. The molecule has 1 saturated heterocycles. The van der Waals surface area contributed by atoms with Crippen LogP contribution in [0.2, 0.25) is 5.02 Å². The Labute approximate surface area is 166 Å². The highest BCUT2D eigenvalue weighted by molar-refractivity contribution is 6.32. The van der Waals surface area contributed by atoms with Crippen LogP contribution in [-0.2, 0) is 14.9 Å². The van der Waals surface area contributed by atoms with Crippen molar-refractivity contribution in [2.45, 2.75) is 25.2 Å². The lowest BCUT2D eigenvalue weighted by molar-refractivity contribution is -0.152. The van der Waals surface area contributed by atoms with Crippen LogP contribution in [0.4, 0.5) is 0 Å². The first-order valence-electron chi connectivity index (χ1n) is 9.48. The lowest BCUT2D eigenvalue weighted by Crippen LogP contribution is -2.48. The molecule has 0 atom stereocenters. The molecule has 27 heavy (non-hydrogen) atoms. The van der Waals surface area contributed by atoms with E-state index in [1.165, 1.54) is 0 Å². The zero-order valence-electron chi connectivity index (χ0n) is 15.7. The number of ether oxygens (including phenoxy) is 2. The van der Waals surface area contributed by atoms with Crippen LogP contribution in [0.5, 0.6) is 5.75 Å². The summed E-state index contributed by atoms with van der Waals surface area (Å²) in [6.07, 6.45) is 1.50. The highest BCUT2D eigenvalue weighted by atomic mass is 35.5. The normalized spacial score (nSPS) is 16.7. The first kappa shape index (κ1) is 19.7. The van der Waals surface area contributed by atoms with Gasteiger partial charge in [-0.3, -0.25) is 9.69 Å². The van der Waals surface area contributed by atoms with Crippen LogP contribution in [0.3, 0.4) is 0 Å². The average molecular weight is 388 g/mol. The summed E-state index contributed by atoms with van der Waals surface area (Å²) >= 11 is 6.13. The maximum atomic E-state index is 12.8. The monoisotopic (exact) mass is 387 g/mol. The largest absolute Gasteiger partial charge is 0.491 e. The molecule has 0 N–H and O–H groups in total. The number of rotatable bonds is 7. The van der Waals surface area contributed by atoms with Gasteiger partial charge in [-0.15, -0.1) is 0 Å². The van der Waals surface area contributed by atoms with Crippen LogP contribution in [0.1, 0.15) is 25.3 Å². The van der Waals surface area contributed by atoms with Gasteiger partial charge in [-0.05, 0) is 50.6 Å². The van der Waals surface area contributed by atoms with Crippen molar-refractivity contribution in [2.75, 3.05) is 32.8 Å². The van der Waals surface area contributed by atoms with Gasteiger partial charge in [0.05, 0.1) is 17.0 Å². The van der Waals surface area contributed by atoms with Crippen LogP contribution in [-0.4, -0.2) is 43.7 Å². The minimum Gasteiger partial charge on any atom is -0.491 e. The van der Waals surface area contributed by atoms with Gasteiger partial charge in [-0.25, -0.2) is 0 Å². The second-order valence-corrected chi connectivity index (χ2v) is 7.20. The fraction of sp³-hybridized carbons (Fsp3) is 0.409. The van der Waals surface area contributed by atoms with Crippen molar-refractivity contribution in [3.05, 3.63) is 65.2 Å². The van der Waals surface area contributed by atoms with Crippen molar-refractivity contribution in [1.29, 1.82) is 0 Å². The third-order valence-corrected chi connectivity index (χ3v) is 5.52. The third kappa shape index (κ3) is 4.63. The van der Waals surface area contributed by atoms with Crippen LogP contribution >= 0.6 is 11.6 Å². The maximum Gasteiger partial charge on any atom is 0.316 e. The molecular weight excluding hydrogens is 362 g/mol. The molecule has 4 nitrogen and oxygen atoms in total. The number of hydrogen-bond donors (Lipinski definition) is 0. The Hall–Kier alpha value is -2.04. The SMILES string of the molecule is CCOC(=O)C1(c2ccccc2)CCN(CCOc2ccccc2Cl)CC1. The predicted molar refractivity (Wildman–Crippen MR) is 107 cm³/mol. The molecule has 0 radical (unpaired) electrons. The number of hydrogen-bond acceptors (Lipinski definition) is 4. The van der Waals surface area contributed by atoms with E-state index in [0.29, 0.717) is 24.0 Å². The smallest absolute Gasteiger partial charge is 0.316 e. The summed E-state index contributed by atoms with van der Waals surface area (Å²) in [7, 11) is 0. The predicted octanol–water partition coefficient (Wildman–Crippen LogP) is 4.32. The van der Waals surface area contributed by atoms with Crippen LogP contribution in [0.15, 0.2) is 54.6 Å². The summed E-state index contributed by atoms with van der Waals surface area (Å²) < 4.78 is 11.2. The highest BCUT2D eigenvalue weighted by Gasteiger charge is 2.44. The van der Waals surface area contributed by atoms with Crippen LogP contribution < -0.4 is 4.74 Å². The number of para-hydroxylation sites is 1. The number of nitrogens with zero attached hydrogens (tertiary/aromatic N) is 1. The standard InChI is InChI=1S/C22H26ClNO3/c1-2-26-21(25)22(18-8-4-3-5-9-18)12-14-24(15-13-22)16-17-27-20-11-7-6-10-19(20)23/h3-11H,2,12-17H2,1H3. The van der Waals surface area contributed by atoms with Gasteiger partial charge in [-0.1, -0.05) is 54.1 Å². The zero-order valence-corrected chi connectivity index (χ0v) is 16.5. The molecule has 0 unspecified atom stereocenters. The first-order chi connectivity index (χ1) is 13.2. The van der Waals surface area contributed by atoms with E-state index in [2.05, 4.69) is 4.90 Å². The van der Waals surface area contributed by atoms with Crippen LogP contribution in [0.25, 0.3) is 0 Å². The Bertz CT molecular complexity index is 742. The number of halogens is 1. The number of esters is 1. The van der Waals surface area contributed by atoms with Gasteiger partial charge in [0.1, 0.15) is 12.4 Å². The molecule has 0 amide bonds. The summed E-state index contributed by atoms with van der Waals surface area (Å²) in [5.74, 6) is 0.601. The summed E-state index contributed by atoms with van der Waals surface area (Å²) in [5.41, 5.74) is 0.507. The Balaban J connectivity index is 1.59. The van der Waals surface area contributed by atoms with Gasteiger partial charge in [0.15, 0.2) is 0 Å². The van der Waals surface area contributed by atoms with E-state index in [1.807, 2.05) is 61.5 Å². The fourth-order valence-electron chi connectivity index (χ4n) is 3.64. The Kier molecular flexibility index (Phi) is 6.75. The van der Waals surface area contributed by atoms with E-state index in [4.69, 9.17) is 21.1 Å². The molecule has 3 rings (SSSR count). The van der Waals surface area contributed by atoms with Gasteiger partial charge in [0.25, 0.3) is 0 Å². The zero-order chi connectivity index (χ0) is 19.1. The number of carbonyl (C=O) groups excluding carboxylic acids is 1. The number of piperidine rings is 1. The summed E-state index contributed by atoms with van der Waals surface area (Å²) in [5, 5.41) is 0.626. The topological polar surface area (TPSA) is 38.8 Å². The quantitative estimate of drug-likeness (QED) is 0.663. The molecule has 144 valence electrons. The molecule has 1 aliphatic heterocycles. The fourth-order valence-corrected chi connectivity index (χ4v) is 3.83. The third-order valence-electron chi connectivity index (χ3n) is 5.20. The number of carbonyl (C=O) groups is 1. The molecule has 5 heteroatoms. The second kappa shape index (κ2) is 9.25. The molecule has 0 bridgehead atoms. The molecule has 0 spiro atoms. The molecular formula is C22H26ClNO3. The van der Waals surface area contributed by atoms with Gasteiger partial charge < -0.3 is 9.47 Å². The lowest BCUT2D eigenvalue weighted by Gasteiger charge is -2.40. The van der Waals surface area contributed by atoms with Crippen molar-refractivity contribution in [2.24, 2.45) is 0 Å². The van der Waals surface area contributed by atoms with E-state index < -0.39 is 5.41 Å². The highest BCUT2D eigenvalue weighted by Crippen LogP contribution is 2.37. The van der Waals surface area contributed by atoms with Crippen molar-refractivity contribution in [3.63, 3.8) is 0 Å². The van der Waals surface area contributed by atoms with E-state index in [9.17, 15) is 4.79 Å². The minimum absolute atomic E-state index is 0.108. The summed E-state index contributed by atoms with van der Waals surface area (Å²) in [6, 6.07) is 17.5. The molecule has 0 aliphatic carbocycles. The second-order valence-electron chi connectivity index (χ2n) is 6.79. The Morgan fingerprint density at radius 1 is 1.07 bits per heavy atom. The molecule has 1 heterocycles. The molecule has 1 fully saturated rings. The van der Waals surface area contributed by atoms with Gasteiger partial charge in [-0.2, -0.15) is 0 Å². The van der Waals surface area contributed by atoms with E-state index in [0.717, 1.165) is 38.0 Å². The van der Waals surface area contributed by atoms with E-state index >= 15 is 0 Å². The Morgan fingerprint density at radius 2 is 1.74 bits per heavy atom. The summed E-state index contributed by atoms with van der Waals surface area (Å²) in [6.45, 7) is 5.31. The molecule has 0 saturated carbocycles. The van der Waals surface area contributed by atoms with Crippen molar-refractivity contribution < 1.29 is 14.3 Å². The first-order valence-corrected chi connectivity index (χ1v) is 9.86. The average Bonchev–Trinajstić information content (AvgIpc) is 2.71. The van der Waals surface area contributed by atoms with Gasteiger partial charge >= 0.3 is 5.97 Å². The number of benzene rings is 2. The molecule has 2 aromatic rings. The van der Waals surface area contributed by atoms with Crippen LogP contribution in [0, 0.1) is 0 Å². The van der Waals surface area contributed by atoms with Crippen molar-refractivity contribution in [1.82, 2.24) is 4.90 Å². The van der Waals surface area contributed by atoms with Crippen molar-refractivity contribution >= 4 is 17.6 Å². The molecule has 0 aromatic heterocycles. The minimum atomic E-state index is -0.544. The van der Waals surface area contributed by atoms with Crippen molar-refractivity contribution in [3.8, 4) is 5.75 Å². The van der Waals surface area contributed by atoms with Gasteiger partial charge in [0, 0.05) is 6.54 Å². The summed E-state index contributed by atoms with van der Waals surface area (Å²) in [4.78, 5) is 15.1. The lowest BCUT2D eigenvalue weighted by atomic mass is 9.72.